The second-order valence-corrected chi connectivity index (χ2v) is 10.3. The Morgan fingerprint density at radius 1 is 1.27 bits per heavy atom. The number of carbonyl (C=O) groups excluding carboxylic acids is 1. The standard InChI is InChI=1S/C21H19ClFNO5S/c1-30(28,29)17-9-14(23)8-15-19-16(25)6-12(7-18(26)27)20(19)24(21(15)17)10-11-2-4-13(22)5-3-11/h2-5,8-9,12,19-20H,6-7,10H2,1H3,(H,26,27)/t12-,19?,20?/m1/s1. The third kappa shape index (κ3) is 3.58. The molecule has 0 spiro atoms. The van der Waals surface area contributed by atoms with E-state index in [2.05, 4.69) is 0 Å². The van der Waals surface area contributed by atoms with Gasteiger partial charge in [-0.05, 0) is 41.3 Å². The van der Waals surface area contributed by atoms with Crippen molar-refractivity contribution in [1.29, 1.82) is 0 Å². The quantitative estimate of drug-likeness (QED) is 0.748. The zero-order valence-electron chi connectivity index (χ0n) is 16.0. The van der Waals surface area contributed by atoms with Gasteiger partial charge in [0.2, 0.25) is 0 Å². The lowest BCUT2D eigenvalue weighted by atomic mass is 9.92. The van der Waals surface area contributed by atoms with E-state index in [1.807, 2.05) is 0 Å². The summed E-state index contributed by atoms with van der Waals surface area (Å²) in [5.41, 5.74) is 1.41. The number of fused-ring (bicyclic) bond motifs is 3. The number of aliphatic carboxylic acids is 1. The first-order valence-corrected chi connectivity index (χ1v) is 11.6. The van der Waals surface area contributed by atoms with E-state index in [1.54, 1.807) is 29.2 Å². The molecular formula is C21H19ClFNO5S. The minimum atomic E-state index is -3.80. The Morgan fingerprint density at radius 3 is 2.53 bits per heavy atom. The van der Waals surface area contributed by atoms with Crippen LogP contribution in [0.3, 0.4) is 0 Å². The number of rotatable bonds is 5. The molecule has 6 nitrogen and oxygen atoms in total. The predicted molar refractivity (Wildman–Crippen MR) is 109 cm³/mol. The van der Waals surface area contributed by atoms with E-state index in [9.17, 15) is 27.5 Å². The maximum atomic E-state index is 14.3. The molecule has 158 valence electrons. The molecule has 2 aliphatic rings. The normalized spacial score (nSPS) is 22.8. The molecule has 2 aromatic rings. The number of benzene rings is 2. The predicted octanol–water partition coefficient (Wildman–Crippen LogP) is 3.42. The molecule has 1 N–H and O–H groups in total. The molecule has 1 aliphatic carbocycles. The van der Waals surface area contributed by atoms with Gasteiger partial charge >= 0.3 is 5.97 Å². The van der Waals surface area contributed by atoms with Crippen LogP contribution in [-0.4, -0.2) is 37.6 Å². The summed E-state index contributed by atoms with van der Waals surface area (Å²) in [6.45, 7) is 0.239. The average Bonchev–Trinajstić information content (AvgIpc) is 3.11. The van der Waals surface area contributed by atoms with Crippen molar-refractivity contribution in [3.8, 4) is 0 Å². The number of carbonyl (C=O) groups is 2. The van der Waals surface area contributed by atoms with Crippen molar-refractivity contribution in [2.45, 2.75) is 36.2 Å². The molecule has 9 heteroatoms. The highest BCUT2D eigenvalue weighted by Gasteiger charge is 2.53. The zero-order chi connectivity index (χ0) is 21.8. The number of Topliss-reactive ketones (excluding diaryl/α,β-unsaturated/α-hetero) is 1. The maximum absolute atomic E-state index is 14.3. The Hall–Kier alpha value is -2.45. The minimum absolute atomic E-state index is 0.0584. The number of ketones is 1. The number of anilines is 1. The molecule has 0 bridgehead atoms. The van der Waals surface area contributed by atoms with Crippen LogP contribution in [0.4, 0.5) is 10.1 Å². The molecule has 0 amide bonds. The van der Waals surface area contributed by atoms with Gasteiger partial charge in [-0.2, -0.15) is 0 Å². The first-order chi connectivity index (χ1) is 14.1. The lowest BCUT2D eigenvalue weighted by molar-refractivity contribution is -0.138. The number of carboxylic acid groups (broad SMARTS) is 1. The first kappa shape index (κ1) is 20.8. The van der Waals surface area contributed by atoms with Gasteiger partial charge in [-0.15, -0.1) is 0 Å². The highest BCUT2D eigenvalue weighted by atomic mass is 35.5. The van der Waals surface area contributed by atoms with Crippen LogP contribution < -0.4 is 4.90 Å². The summed E-state index contributed by atoms with van der Waals surface area (Å²) in [6, 6.07) is 8.56. The summed E-state index contributed by atoms with van der Waals surface area (Å²) < 4.78 is 39.3. The van der Waals surface area contributed by atoms with Gasteiger partial charge in [0.15, 0.2) is 9.84 Å². The molecule has 2 unspecified atom stereocenters. The third-order valence-electron chi connectivity index (χ3n) is 5.79. The average molecular weight is 452 g/mol. The van der Waals surface area contributed by atoms with Crippen molar-refractivity contribution >= 4 is 38.9 Å². The lowest BCUT2D eigenvalue weighted by Crippen LogP contribution is -2.37. The largest absolute Gasteiger partial charge is 0.481 e. The second kappa shape index (κ2) is 7.35. The number of hydrogen-bond acceptors (Lipinski definition) is 5. The molecule has 0 saturated heterocycles. The van der Waals surface area contributed by atoms with Crippen molar-refractivity contribution in [2.75, 3.05) is 11.2 Å². The fraction of sp³-hybridized carbons (Fsp3) is 0.333. The number of carboxylic acids is 1. The molecule has 1 saturated carbocycles. The van der Waals surface area contributed by atoms with Gasteiger partial charge in [0.25, 0.3) is 0 Å². The van der Waals surface area contributed by atoms with Crippen LogP contribution in [0.25, 0.3) is 0 Å². The van der Waals surface area contributed by atoms with Crippen molar-refractivity contribution in [1.82, 2.24) is 0 Å². The molecule has 3 atom stereocenters. The number of sulfone groups is 1. The van der Waals surface area contributed by atoms with Crippen molar-refractivity contribution in [2.24, 2.45) is 5.92 Å². The number of nitrogens with zero attached hydrogens (tertiary/aromatic N) is 1. The fourth-order valence-electron chi connectivity index (χ4n) is 4.72. The summed E-state index contributed by atoms with van der Waals surface area (Å²) in [6.07, 6.45) is 0.824. The first-order valence-electron chi connectivity index (χ1n) is 9.35. The number of halogens is 2. The van der Waals surface area contributed by atoms with E-state index < -0.39 is 39.5 Å². The van der Waals surface area contributed by atoms with Crippen molar-refractivity contribution in [3.05, 3.63) is 58.4 Å². The van der Waals surface area contributed by atoms with E-state index in [-0.39, 0.29) is 35.8 Å². The fourth-order valence-corrected chi connectivity index (χ4v) is 5.76. The maximum Gasteiger partial charge on any atom is 0.303 e. The van der Waals surface area contributed by atoms with Gasteiger partial charge in [0.05, 0.1) is 22.9 Å². The van der Waals surface area contributed by atoms with E-state index in [0.717, 1.165) is 17.9 Å². The van der Waals surface area contributed by atoms with Crippen LogP contribution in [0.15, 0.2) is 41.3 Å². The molecular weight excluding hydrogens is 433 g/mol. The van der Waals surface area contributed by atoms with Gasteiger partial charge in [-0.1, -0.05) is 23.7 Å². The van der Waals surface area contributed by atoms with Gasteiger partial charge in [0, 0.05) is 30.3 Å². The Bertz CT molecular complexity index is 1150. The molecule has 4 rings (SSSR count). The summed E-state index contributed by atoms with van der Waals surface area (Å²) in [5.74, 6) is -3.24. The smallest absolute Gasteiger partial charge is 0.303 e. The third-order valence-corrected chi connectivity index (χ3v) is 7.15. The Balaban J connectivity index is 1.90. The van der Waals surface area contributed by atoms with Crippen LogP contribution in [0.5, 0.6) is 0 Å². The summed E-state index contributed by atoms with van der Waals surface area (Å²) >= 11 is 5.96. The summed E-state index contributed by atoms with van der Waals surface area (Å²) in [5, 5.41) is 9.87. The highest BCUT2D eigenvalue weighted by Crippen LogP contribution is 2.53. The van der Waals surface area contributed by atoms with Gasteiger partial charge < -0.3 is 10.0 Å². The highest BCUT2D eigenvalue weighted by molar-refractivity contribution is 7.90. The van der Waals surface area contributed by atoms with Crippen molar-refractivity contribution < 1.29 is 27.5 Å². The van der Waals surface area contributed by atoms with E-state index in [1.165, 1.54) is 6.07 Å². The SMILES string of the molecule is CS(=O)(=O)c1cc(F)cc2c1N(Cc1ccc(Cl)cc1)C1C2C(=O)C[C@@H]1CC(=O)O. The van der Waals surface area contributed by atoms with E-state index in [0.29, 0.717) is 10.6 Å². The Labute approximate surface area is 178 Å². The Kier molecular flexibility index (Phi) is 5.10. The van der Waals surface area contributed by atoms with Crippen molar-refractivity contribution in [3.63, 3.8) is 0 Å². The monoisotopic (exact) mass is 451 g/mol. The van der Waals surface area contributed by atoms with Gasteiger partial charge in [-0.25, -0.2) is 12.8 Å². The molecule has 1 heterocycles. The molecule has 1 aliphatic heterocycles. The molecule has 1 fully saturated rings. The molecule has 2 aromatic carbocycles. The molecule has 0 radical (unpaired) electrons. The lowest BCUT2D eigenvalue weighted by Gasteiger charge is -2.31. The topological polar surface area (TPSA) is 91.8 Å². The summed E-state index contributed by atoms with van der Waals surface area (Å²) in [7, 11) is -3.80. The Morgan fingerprint density at radius 2 is 1.93 bits per heavy atom. The van der Waals surface area contributed by atoms with Crippen LogP contribution >= 0.6 is 11.6 Å². The van der Waals surface area contributed by atoms with Gasteiger partial charge in [-0.3, -0.25) is 9.59 Å². The molecule has 0 aromatic heterocycles. The van der Waals surface area contributed by atoms with E-state index >= 15 is 0 Å². The van der Waals surface area contributed by atoms with Crippen LogP contribution in [0.1, 0.15) is 29.9 Å². The van der Waals surface area contributed by atoms with Crippen LogP contribution in [-0.2, 0) is 26.0 Å². The molecule has 30 heavy (non-hydrogen) atoms. The van der Waals surface area contributed by atoms with E-state index in [4.69, 9.17) is 11.6 Å². The van der Waals surface area contributed by atoms with Gasteiger partial charge in [0.1, 0.15) is 11.6 Å². The second-order valence-electron chi connectivity index (χ2n) is 7.86. The minimum Gasteiger partial charge on any atom is -0.481 e. The summed E-state index contributed by atoms with van der Waals surface area (Å²) in [4.78, 5) is 25.8. The van der Waals surface area contributed by atoms with Crippen LogP contribution in [0, 0.1) is 11.7 Å². The van der Waals surface area contributed by atoms with Crippen LogP contribution in [0.2, 0.25) is 5.02 Å². The zero-order valence-corrected chi connectivity index (χ0v) is 17.6. The number of hydrogen-bond donors (Lipinski definition) is 1.